The van der Waals surface area contributed by atoms with Gasteiger partial charge in [-0.3, -0.25) is 4.98 Å². The SMILES string of the molecule is N#Cc1cnc(N)c2ncccc12. The number of hydrogen-bond acceptors (Lipinski definition) is 4. The number of aromatic nitrogens is 2. The van der Waals surface area contributed by atoms with Crippen LogP contribution in [-0.4, -0.2) is 9.97 Å². The van der Waals surface area contributed by atoms with Crippen molar-refractivity contribution in [2.75, 3.05) is 5.73 Å². The molecule has 0 aliphatic carbocycles. The first-order valence-electron chi connectivity index (χ1n) is 3.72. The highest BCUT2D eigenvalue weighted by Crippen LogP contribution is 2.18. The summed E-state index contributed by atoms with van der Waals surface area (Å²) in [4.78, 5) is 7.92. The van der Waals surface area contributed by atoms with Crippen molar-refractivity contribution in [3.63, 3.8) is 0 Å². The third kappa shape index (κ3) is 1.07. The number of anilines is 1. The van der Waals surface area contributed by atoms with E-state index in [0.717, 1.165) is 5.39 Å². The molecule has 13 heavy (non-hydrogen) atoms. The molecule has 0 saturated heterocycles. The van der Waals surface area contributed by atoms with Gasteiger partial charge in [-0.05, 0) is 12.1 Å². The minimum atomic E-state index is 0.356. The number of nitrogens with two attached hydrogens (primary N) is 1. The molecule has 4 heteroatoms. The van der Waals surface area contributed by atoms with Crippen LogP contribution in [0.15, 0.2) is 24.5 Å². The summed E-state index contributed by atoms with van der Waals surface area (Å²) in [5.41, 5.74) is 6.68. The summed E-state index contributed by atoms with van der Waals surface area (Å²) in [5.74, 6) is 0.356. The molecule has 0 bridgehead atoms. The number of nitrogens with zero attached hydrogens (tertiary/aromatic N) is 3. The fraction of sp³-hybridized carbons (Fsp3) is 0. The second kappa shape index (κ2) is 2.72. The predicted octanol–water partition coefficient (Wildman–Crippen LogP) is 1.08. The third-order valence-electron chi connectivity index (χ3n) is 1.79. The molecule has 0 aliphatic rings. The van der Waals surface area contributed by atoms with Gasteiger partial charge < -0.3 is 5.73 Å². The van der Waals surface area contributed by atoms with Crippen molar-refractivity contribution in [1.29, 1.82) is 5.26 Å². The number of rotatable bonds is 0. The Bertz CT molecular complexity index is 498. The van der Waals surface area contributed by atoms with Gasteiger partial charge in [-0.1, -0.05) is 0 Å². The lowest BCUT2D eigenvalue weighted by Crippen LogP contribution is -1.94. The van der Waals surface area contributed by atoms with Crippen molar-refractivity contribution in [2.45, 2.75) is 0 Å². The van der Waals surface area contributed by atoms with Crippen LogP contribution < -0.4 is 5.73 Å². The topological polar surface area (TPSA) is 75.6 Å². The lowest BCUT2D eigenvalue weighted by atomic mass is 10.1. The van der Waals surface area contributed by atoms with Crippen LogP contribution in [0.1, 0.15) is 5.56 Å². The van der Waals surface area contributed by atoms with E-state index in [-0.39, 0.29) is 0 Å². The molecule has 0 spiro atoms. The van der Waals surface area contributed by atoms with Gasteiger partial charge in [-0.25, -0.2) is 4.98 Å². The molecule has 0 radical (unpaired) electrons. The van der Waals surface area contributed by atoms with E-state index in [9.17, 15) is 0 Å². The predicted molar refractivity (Wildman–Crippen MR) is 48.7 cm³/mol. The number of nitrogen functional groups attached to an aromatic ring is 1. The molecule has 0 amide bonds. The third-order valence-corrected chi connectivity index (χ3v) is 1.79. The molecular weight excluding hydrogens is 164 g/mol. The van der Waals surface area contributed by atoms with Gasteiger partial charge in [-0.15, -0.1) is 0 Å². The van der Waals surface area contributed by atoms with E-state index in [1.165, 1.54) is 6.20 Å². The second-order valence-corrected chi connectivity index (χ2v) is 2.57. The lowest BCUT2D eigenvalue weighted by molar-refractivity contribution is 1.30. The molecule has 2 aromatic heterocycles. The van der Waals surface area contributed by atoms with E-state index < -0.39 is 0 Å². The fourth-order valence-corrected chi connectivity index (χ4v) is 1.18. The molecule has 0 aliphatic heterocycles. The van der Waals surface area contributed by atoms with Gasteiger partial charge in [0.05, 0.1) is 5.56 Å². The number of hydrogen-bond donors (Lipinski definition) is 1. The highest BCUT2D eigenvalue weighted by molar-refractivity contribution is 5.90. The Balaban J connectivity index is 2.95. The molecule has 2 rings (SSSR count). The molecular formula is C9H6N4. The quantitative estimate of drug-likeness (QED) is 0.641. The van der Waals surface area contributed by atoms with Crippen molar-refractivity contribution in [1.82, 2.24) is 9.97 Å². The van der Waals surface area contributed by atoms with Gasteiger partial charge in [0, 0.05) is 17.8 Å². The van der Waals surface area contributed by atoms with Crippen molar-refractivity contribution in [3.8, 4) is 6.07 Å². The van der Waals surface area contributed by atoms with Crippen molar-refractivity contribution >= 4 is 16.7 Å². The van der Waals surface area contributed by atoms with Crippen LogP contribution in [0.25, 0.3) is 10.9 Å². The lowest BCUT2D eigenvalue weighted by Gasteiger charge is -2.00. The number of pyridine rings is 2. The second-order valence-electron chi connectivity index (χ2n) is 2.57. The first kappa shape index (κ1) is 7.50. The van der Waals surface area contributed by atoms with E-state index in [1.807, 2.05) is 6.07 Å². The Morgan fingerprint density at radius 3 is 3.00 bits per heavy atom. The van der Waals surface area contributed by atoms with E-state index in [4.69, 9.17) is 11.0 Å². The summed E-state index contributed by atoms with van der Waals surface area (Å²) in [5, 5.41) is 9.52. The molecule has 0 fully saturated rings. The zero-order valence-corrected chi connectivity index (χ0v) is 6.73. The first-order chi connectivity index (χ1) is 6.33. The van der Waals surface area contributed by atoms with Crippen LogP contribution in [-0.2, 0) is 0 Å². The Hall–Kier alpha value is -2.15. The highest BCUT2D eigenvalue weighted by Gasteiger charge is 2.04. The Morgan fingerprint density at radius 1 is 1.38 bits per heavy atom. The molecule has 2 N–H and O–H groups in total. The maximum absolute atomic E-state index is 8.77. The minimum absolute atomic E-state index is 0.356. The maximum atomic E-state index is 8.77. The summed E-state index contributed by atoms with van der Waals surface area (Å²) >= 11 is 0. The summed E-state index contributed by atoms with van der Waals surface area (Å²) < 4.78 is 0. The zero-order chi connectivity index (χ0) is 9.26. The van der Waals surface area contributed by atoms with Crippen LogP contribution in [0.4, 0.5) is 5.82 Å². The van der Waals surface area contributed by atoms with Crippen molar-refractivity contribution < 1.29 is 0 Å². The van der Waals surface area contributed by atoms with E-state index >= 15 is 0 Å². The van der Waals surface area contributed by atoms with Gasteiger partial charge in [0.1, 0.15) is 17.4 Å². The Labute approximate surface area is 74.6 Å². The van der Waals surface area contributed by atoms with Gasteiger partial charge >= 0.3 is 0 Å². The first-order valence-corrected chi connectivity index (χ1v) is 3.72. The van der Waals surface area contributed by atoms with Crippen LogP contribution >= 0.6 is 0 Å². The van der Waals surface area contributed by atoms with Gasteiger partial charge in [0.2, 0.25) is 0 Å². The van der Waals surface area contributed by atoms with Gasteiger partial charge in [-0.2, -0.15) is 5.26 Å². The normalized spacial score (nSPS) is 9.77. The van der Waals surface area contributed by atoms with Gasteiger partial charge in [0.15, 0.2) is 0 Å². The fourth-order valence-electron chi connectivity index (χ4n) is 1.18. The van der Waals surface area contributed by atoms with Gasteiger partial charge in [0.25, 0.3) is 0 Å². The molecule has 4 nitrogen and oxygen atoms in total. The monoisotopic (exact) mass is 170 g/mol. The maximum Gasteiger partial charge on any atom is 0.150 e. The largest absolute Gasteiger partial charge is 0.382 e. The smallest absolute Gasteiger partial charge is 0.150 e. The summed E-state index contributed by atoms with van der Waals surface area (Å²) in [6.45, 7) is 0. The Morgan fingerprint density at radius 2 is 2.23 bits per heavy atom. The molecule has 2 aromatic rings. The Kier molecular flexibility index (Phi) is 1.57. The van der Waals surface area contributed by atoms with Crippen LogP contribution in [0, 0.1) is 11.3 Å². The zero-order valence-electron chi connectivity index (χ0n) is 6.73. The average molecular weight is 170 g/mol. The number of nitriles is 1. The molecule has 0 atom stereocenters. The van der Waals surface area contributed by atoms with Crippen LogP contribution in [0.2, 0.25) is 0 Å². The average Bonchev–Trinajstić information content (AvgIpc) is 2.19. The minimum Gasteiger partial charge on any atom is -0.382 e. The standard InChI is InChI=1S/C9H6N4/c10-4-6-5-13-9(11)8-7(6)2-1-3-12-8/h1-3,5H,(H2,11,13). The number of fused-ring (bicyclic) bond motifs is 1. The van der Waals surface area contributed by atoms with Crippen LogP contribution in [0.3, 0.4) is 0 Å². The molecule has 0 aromatic carbocycles. The van der Waals surface area contributed by atoms with Crippen LogP contribution in [0.5, 0.6) is 0 Å². The van der Waals surface area contributed by atoms with Crippen molar-refractivity contribution in [3.05, 3.63) is 30.1 Å². The molecule has 0 saturated carbocycles. The molecule has 62 valence electrons. The van der Waals surface area contributed by atoms with E-state index in [1.54, 1.807) is 18.3 Å². The summed E-state index contributed by atoms with van der Waals surface area (Å²) in [6.07, 6.45) is 3.08. The van der Waals surface area contributed by atoms with Crippen molar-refractivity contribution in [2.24, 2.45) is 0 Å². The van der Waals surface area contributed by atoms with E-state index in [0.29, 0.717) is 16.9 Å². The molecule has 0 unspecified atom stereocenters. The summed E-state index contributed by atoms with van der Waals surface area (Å²) in [7, 11) is 0. The molecule has 2 heterocycles. The van der Waals surface area contributed by atoms with E-state index in [2.05, 4.69) is 9.97 Å². The summed E-state index contributed by atoms with van der Waals surface area (Å²) in [6, 6.07) is 5.61. The highest BCUT2D eigenvalue weighted by atomic mass is 14.9.